The molecule has 14 aromatic rings. The standard InChI is InChI=1S/C65H39N5O/c1-8-22-55-45(15-1)46-16-2-9-23-56(46)68(55)42-30-32-43(33-31-42)69-59-26-12-5-19-49(59)50-35-40(29-34-60(50)69)41-36-53-63(66-38-41)64-54(65(53)51-20-6-13-27-61(51)71-62-28-14-7-21-52(62)65)37-44(39-67-64)70-57-24-10-3-17-47(57)48-18-4-11-25-58(48)70/h1-39H. The first kappa shape index (κ1) is 38.4. The Morgan fingerprint density at radius 2 is 0.690 bits per heavy atom. The summed E-state index contributed by atoms with van der Waals surface area (Å²) in [5, 5.41) is 7.32. The third-order valence-corrected chi connectivity index (χ3v) is 15.4. The zero-order chi connectivity index (χ0) is 46.4. The second-order valence-electron chi connectivity index (χ2n) is 18.9. The van der Waals surface area contributed by atoms with E-state index in [1.54, 1.807) is 0 Å². The molecule has 2 aliphatic rings. The van der Waals surface area contributed by atoms with E-state index in [1.165, 1.54) is 43.4 Å². The number of hydrogen-bond donors (Lipinski definition) is 0. The number of ether oxygens (including phenoxy) is 1. The van der Waals surface area contributed by atoms with E-state index in [-0.39, 0.29) is 0 Å². The van der Waals surface area contributed by atoms with E-state index in [2.05, 4.69) is 238 Å². The Morgan fingerprint density at radius 3 is 1.20 bits per heavy atom. The summed E-state index contributed by atoms with van der Waals surface area (Å²) < 4.78 is 13.9. The van der Waals surface area contributed by atoms with Crippen LogP contribution in [0.5, 0.6) is 11.5 Å². The summed E-state index contributed by atoms with van der Waals surface area (Å²) in [5.74, 6) is 1.66. The molecule has 0 saturated carbocycles. The van der Waals surface area contributed by atoms with Crippen molar-refractivity contribution < 1.29 is 4.74 Å². The van der Waals surface area contributed by atoms with E-state index in [4.69, 9.17) is 14.7 Å². The first-order chi connectivity index (χ1) is 35.2. The molecule has 330 valence electrons. The zero-order valence-corrected chi connectivity index (χ0v) is 38.2. The summed E-state index contributed by atoms with van der Waals surface area (Å²) in [5.41, 5.74) is 17.7. The molecule has 0 saturated heterocycles. The molecule has 16 rings (SSSR count). The fraction of sp³-hybridized carbons (Fsp3) is 0.0154. The highest BCUT2D eigenvalue weighted by Crippen LogP contribution is 2.62. The van der Waals surface area contributed by atoms with Gasteiger partial charge in [-0.1, -0.05) is 133 Å². The molecule has 1 spiro atoms. The van der Waals surface area contributed by atoms with Crippen molar-refractivity contribution in [2.75, 3.05) is 0 Å². The molecule has 0 amide bonds. The van der Waals surface area contributed by atoms with Gasteiger partial charge in [-0.2, -0.15) is 0 Å². The maximum atomic E-state index is 6.76. The molecule has 9 aromatic carbocycles. The maximum absolute atomic E-state index is 6.76. The second kappa shape index (κ2) is 14.3. The predicted octanol–water partition coefficient (Wildman–Crippen LogP) is 15.9. The molecular formula is C65H39N5O. The van der Waals surface area contributed by atoms with Gasteiger partial charge in [0.15, 0.2) is 0 Å². The Balaban J connectivity index is 0.875. The summed E-state index contributed by atoms with van der Waals surface area (Å²) in [6, 6.07) is 81.0. The van der Waals surface area contributed by atoms with Gasteiger partial charge in [0.05, 0.1) is 61.8 Å². The Kier molecular flexibility index (Phi) is 7.72. The molecule has 6 heterocycles. The predicted molar refractivity (Wildman–Crippen MR) is 288 cm³/mol. The number of rotatable bonds is 4. The topological polar surface area (TPSA) is 49.8 Å². The van der Waals surface area contributed by atoms with Gasteiger partial charge in [-0.05, 0) is 96.6 Å². The van der Waals surface area contributed by atoms with Crippen LogP contribution in [0.1, 0.15) is 22.3 Å². The zero-order valence-electron chi connectivity index (χ0n) is 38.2. The first-order valence-corrected chi connectivity index (χ1v) is 24.2. The molecule has 0 unspecified atom stereocenters. The largest absolute Gasteiger partial charge is 0.457 e. The SMILES string of the molecule is c1ccc2c(c1)Oc1ccccc1C21c2cc(-c3ccc4c(c3)c3ccccc3n4-c3ccc(-n4c5ccccc5c5ccccc54)cc3)cnc2-c2ncc(-n3c4ccccc4c4ccccc43)cc21. The van der Waals surface area contributed by atoms with Crippen LogP contribution in [0.25, 0.3) is 105 Å². The van der Waals surface area contributed by atoms with Gasteiger partial charge < -0.3 is 18.4 Å². The van der Waals surface area contributed by atoms with E-state index in [0.29, 0.717) is 0 Å². The van der Waals surface area contributed by atoms with E-state index in [0.717, 1.165) is 95.4 Å². The summed E-state index contributed by atoms with van der Waals surface area (Å²) in [7, 11) is 0. The van der Waals surface area contributed by atoms with Crippen molar-refractivity contribution in [2.24, 2.45) is 0 Å². The lowest BCUT2D eigenvalue weighted by atomic mass is 9.66. The quantitative estimate of drug-likeness (QED) is 0.177. The third kappa shape index (κ3) is 5.15. The molecule has 6 heteroatoms. The van der Waals surface area contributed by atoms with Gasteiger partial charge in [-0.15, -0.1) is 0 Å². The summed E-state index contributed by atoms with van der Waals surface area (Å²) >= 11 is 0. The molecule has 0 radical (unpaired) electrons. The van der Waals surface area contributed by atoms with Crippen LogP contribution in [0.3, 0.4) is 0 Å². The second-order valence-corrected chi connectivity index (χ2v) is 18.9. The fourth-order valence-electron chi connectivity index (χ4n) is 12.5. The summed E-state index contributed by atoms with van der Waals surface area (Å²) in [6.45, 7) is 0. The Hall–Kier alpha value is -9.52. The molecule has 6 nitrogen and oxygen atoms in total. The van der Waals surface area contributed by atoms with Gasteiger partial charge >= 0.3 is 0 Å². The van der Waals surface area contributed by atoms with Crippen LogP contribution in [0.4, 0.5) is 0 Å². The van der Waals surface area contributed by atoms with Crippen molar-refractivity contribution in [3.8, 4) is 51.1 Å². The molecule has 0 N–H and O–H groups in total. The molecule has 0 bridgehead atoms. The van der Waals surface area contributed by atoms with Gasteiger partial charge in [0.2, 0.25) is 0 Å². The number of hydrogen-bond acceptors (Lipinski definition) is 3. The Morgan fingerprint density at radius 1 is 0.296 bits per heavy atom. The van der Waals surface area contributed by atoms with E-state index in [9.17, 15) is 0 Å². The van der Waals surface area contributed by atoms with Crippen molar-refractivity contribution in [3.63, 3.8) is 0 Å². The third-order valence-electron chi connectivity index (χ3n) is 15.4. The summed E-state index contributed by atoms with van der Waals surface area (Å²) in [4.78, 5) is 10.8. The number of benzene rings is 9. The van der Waals surface area contributed by atoms with Gasteiger partial charge in [0.25, 0.3) is 0 Å². The molecule has 0 fully saturated rings. The molecule has 71 heavy (non-hydrogen) atoms. The first-order valence-electron chi connectivity index (χ1n) is 24.2. The molecule has 1 aliphatic heterocycles. The Bertz CT molecular complexity index is 4420. The van der Waals surface area contributed by atoms with Gasteiger partial charge in [-0.25, -0.2) is 0 Å². The van der Waals surface area contributed by atoms with Gasteiger partial charge in [0, 0.05) is 77.7 Å². The number of para-hydroxylation sites is 7. The van der Waals surface area contributed by atoms with Crippen LogP contribution < -0.4 is 4.74 Å². The fourth-order valence-corrected chi connectivity index (χ4v) is 12.5. The van der Waals surface area contributed by atoms with Crippen LogP contribution in [0, 0.1) is 0 Å². The maximum Gasteiger partial charge on any atom is 0.132 e. The monoisotopic (exact) mass is 905 g/mol. The Labute approximate surface area is 407 Å². The van der Waals surface area contributed by atoms with Crippen molar-refractivity contribution in [1.82, 2.24) is 23.7 Å². The molecule has 5 aromatic heterocycles. The number of nitrogens with zero attached hydrogens (tertiary/aromatic N) is 5. The number of pyridine rings is 2. The number of aromatic nitrogens is 5. The highest BCUT2D eigenvalue weighted by Gasteiger charge is 2.53. The van der Waals surface area contributed by atoms with E-state index in [1.807, 2.05) is 12.4 Å². The van der Waals surface area contributed by atoms with Crippen LogP contribution in [0.2, 0.25) is 0 Å². The highest BCUT2D eigenvalue weighted by molar-refractivity contribution is 6.12. The molecular weight excluding hydrogens is 867 g/mol. The van der Waals surface area contributed by atoms with Crippen LogP contribution in [-0.2, 0) is 5.41 Å². The highest BCUT2D eigenvalue weighted by atomic mass is 16.5. The lowest BCUT2D eigenvalue weighted by Crippen LogP contribution is -2.32. The van der Waals surface area contributed by atoms with E-state index >= 15 is 0 Å². The normalized spacial score (nSPS) is 13.3. The van der Waals surface area contributed by atoms with E-state index < -0.39 is 5.41 Å². The molecule has 0 atom stereocenters. The van der Waals surface area contributed by atoms with Crippen LogP contribution in [0.15, 0.2) is 237 Å². The van der Waals surface area contributed by atoms with Gasteiger partial charge in [-0.3, -0.25) is 9.97 Å². The smallest absolute Gasteiger partial charge is 0.132 e. The van der Waals surface area contributed by atoms with Gasteiger partial charge in [0.1, 0.15) is 11.5 Å². The minimum absolute atomic E-state index is 0.771. The van der Waals surface area contributed by atoms with Crippen molar-refractivity contribution >= 4 is 65.4 Å². The lowest BCUT2D eigenvalue weighted by Gasteiger charge is -2.39. The van der Waals surface area contributed by atoms with Crippen molar-refractivity contribution in [3.05, 3.63) is 259 Å². The summed E-state index contributed by atoms with van der Waals surface area (Å²) in [6.07, 6.45) is 4.06. The van der Waals surface area contributed by atoms with Crippen LogP contribution >= 0.6 is 0 Å². The lowest BCUT2D eigenvalue weighted by molar-refractivity contribution is 0.436. The number of fused-ring (bicyclic) bond motifs is 18. The van der Waals surface area contributed by atoms with Crippen molar-refractivity contribution in [1.29, 1.82) is 0 Å². The average Bonchev–Trinajstić information content (AvgIpc) is 4.15. The van der Waals surface area contributed by atoms with Crippen LogP contribution in [-0.4, -0.2) is 23.7 Å². The minimum Gasteiger partial charge on any atom is -0.457 e. The molecule has 1 aliphatic carbocycles. The minimum atomic E-state index is -0.771. The van der Waals surface area contributed by atoms with Crippen molar-refractivity contribution in [2.45, 2.75) is 5.41 Å². The average molecular weight is 906 g/mol.